The van der Waals surface area contributed by atoms with Crippen LogP contribution in [0.1, 0.15) is 37.7 Å². The van der Waals surface area contributed by atoms with Gasteiger partial charge in [0.15, 0.2) is 0 Å². The van der Waals surface area contributed by atoms with Crippen molar-refractivity contribution in [2.45, 2.75) is 33.6 Å². The van der Waals surface area contributed by atoms with Gasteiger partial charge in [0.05, 0.1) is 11.6 Å². The maximum Gasteiger partial charge on any atom is 0.139 e. The molecule has 1 aliphatic rings. The third kappa shape index (κ3) is 3.55. The van der Waals surface area contributed by atoms with Crippen molar-refractivity contribution in [3.63, 3.8) is 0 Å². The highest BCUT2D eigenvalue weighted by Gasteiger charge is 2.48. The highest BCUT2D eigenvalue weighted by molar-refractivity contribution is 7.99. The third-order valence-electron chi connectivity index (χ3n) is 6.64. The number of allylic oxidation sites excluding steroid dienone is 1. The van der Waals surface area contributed by atoms with E-state index in [0.29, 0.717) is 5.41 Å². The van der Waals surface area contributed by atoms with E-state index in [-0.39, 0.29) is 0 Å². The topological polar surface area (TPSA) is 13.1 Å². The molecule has 0 spiro atoms. The standard InChI is InChI=1S/C30H30OP/c1-23(19-29-28-21-30(2,3)20-24(28)22-31-29)32(25-13-7-4-8-14-25,26-15-9-5-10-16-26)27-17-11-6-12-18-27/h4-19,22H,20-21H2,1-3H3/q+1/b23-19+. The molecule has 1 aliphatic carbocycles. The van der Waals surface area contributed by atoms with Crippen molar-refractivity contribution in [3.8, 4) is 0 Å². The van der Waals surface area contributed by atoms with Crippen LogP contribution in [0, 0.1) is 5.41 Å². The zero-order chi connectivity index (χ0) is 22.2. The van der Waals surface area contributed by atoms with Gasteiger partial charge in [-0.1, -0.05) is 68.4 Å². The monoisotopic (exact) mass is 437 g/mol. The van der Waals surface area contributed by atoms with E-state index in [1.54, 1.807) is 0 Å². The molecule has 0 fully saturated rings. The first-order valence-corrected chi connectivity index (χ1v) is 13.1. The predicted molar refractivity (Wildman–Crippen MR) is 139 cm³/mol. The van der Waals surface area contributed by atoms with Crippen molar-refractivity contribution in [3.05, 3.63) is 119 Å². The van der Waals surface area contributed by atoms with Gasteiger partial charge in [-0.15, -0.1) is 0 Å². The summed E-state index contributed by atoms with van der Waals surface area (Å²) in [5.74, 6) is 1.04. The Morgan fingerprint density at radius 1 is 0.750 bits per heavy atom. The van der Waals surface area contributed by atoms with E-state index in [1.807, 2.05) is 6.26 Å². The lowest BCUT2D eigenvalue weighted by Crippen LogP contribution is -2.31. The van der Waals surface area contributed by atoms with Crippen molar-refractivity contribution in [1.82, 2.24) is 0 Å². The van der Waals surface area contributed by atoms with Gasteiger partial charge in [0.2, 0.25) is 0 Å². The maximum absolute atomic E-state index is 6.15. The van der Waals surface area contributed by atoms with Crippen LogP contribution in [-0.2, 0) is 12.8 Å². The SMILES string of the molecule is C/C(=C\c1occ2c1CC(C)(C)C2)[P+](c1ccccc1)(c1ccccc1)c1ccccc1. The van der Waals surface area contributed by atoms with Gasteiger partial charge in [0.1, 0.15) is 28.9 Å². The molecule has 5 rings (SSSR count). The van der Waals surface area contributed by atoms with Crippen molar-refractivity contribution in [2.75, 3.05) is 0 Å². The Morgan fingerprint density at radius 2 is 1.22 bits per heavy atom. The summed E-state index contributed by atoms with van der Waals surface area (Å²) in [5, 5.41) is 5.47. The lowest BCUT2D eigenvalue weighted by Gasteiger charge is -2.28. The Kier molecular flexibility index (Phi) is 5.39. The first-order valence-electron chi connectivity index (χ1n) is 11.3. The Morgan fingerprint density at radius 3 is 1.69 bits per heavy atom. The van der Waals surface area contributed by atoms with Gasteiger partial charge >= 0.3 is 0 Å². The molecule has 0 atom stereocenters. The molecule has 2 heteroatoms. The van der Waals surface area contributed by atoms with Crippen molar-refractivity contribution >= 4 is 29.3 Å². The van der Waals surface area contributed by atoms with E-state index in [9.17, 15) is 0 Å². The summed E-state index contributed by atoms with van der Waals surface area (Å²) in [4.78, 5) is 0. The second kappa shape index (κ2) is 8.23. The molecular formula is C30H30OP+. The van der Waals surface area contributed by atoms with E-state index in [4.69, 9.17) is 4.42 Å². The molecule has 0 amide bonds. The molecule has 1 aromatic heterocycles. The molecule has 160 valence electrons. The Hall–Kier alpha value is -2.89. The first kappa shape index (κ1) is 21.0. The molecule has 0 N–H and O–H groups in total. The molecule has 0 saturated carbocycles. The molecular weight excluding hydrogens is 407 g/mol. The molecule has 0 bridgehead atoms. The summed E-state index contributed by atoms with van der Waals surface area (Å²) in [7, 11) is -2.04. The van der Waals surface area contributed by atoms with Crippen LogP contribution in [0.3, 0.4) is 0 Å². The summed E-state index contributed by atoms with van der Waals surface area (Å²) in [6.07, 6.45) is 6.48. The van der Waals surface area contributed by atoms with Crippen LogP contribution in [0.4, 0.5) is 0 Å². The van der Waals surface area contributed by atoms with Crippen LogP contribution in [-0.4, -0.2) is 0 Å². The number of furan rings is 1. The molecule has 4 aromatic rings. The fourth-order valence-electron chi connectivity index (χ4n) is 5.26. The van der Waals surface area contributed by atoms with E-state index in [2.05, 4.69) is 118 Å². The number of rotatable bonds is 5. The minimum absolute atomic E-state index is 0.308. The second-order valence-corrected chi connectivity index (χ2v) is 13.2. The minimum Gasteiger partial charge on any atom is -0.464 e. The van der Waals surface area contributed by atoms with Crippen LogP contribution in [0.2, 0.25) is 0 Å². The zero-order valence-electron chi connectivity index (χ0n) is 19.1. The highest BCUT2D eigenvalue weighted by atomic mass is 31.2. The van der Waals surface area contributed by atoms with Crippen molar-refractivity contribution in [1.29, 1.82) is 0 Å². The number of fused-ring (bicyclic) bond motifs is 1. The average Bonchev–Trinajstić information content (AvgIpc) is 3.32. The maximum atomic E-state index is 6.15. The number of benzene rings is 3. The van der Waals surface area contributed by atoms with Gasteiger partial charge in [-0.25, -0.2) is 0 Å². The normalized spacial score (nSPS) is 15.5. The molecule has 1 nitrogen and oxygen atoms in total. The largest absolute Gasteiger partial charge is 0.464 e. The minimum atomic E-state index is -2.04. The van der Waals surface area contributed by atoms with Gasteiger partial charge in [-0.2, -0.15) is 0 Å². The van der Waals surface area contributed by atoms with Crippen molar-refractivity contribution < 1.29 is 4.42 Å². The van der Waals surface area contributed by atoms with Crippen LogP contribution >= 0.6 is 7.26 Å². The third-order valence-corrected chi connectivity index (χ3v) is 11.0. The molecule has 0 saturated heterocycles. The summed E-state index contributed by atoms with van der Waals surface area (Å²) in [5.41, 5.74) is 3.07. The van der Waals surface area contributed by atoms with Crippen LogP contribution in [0.5, 0.6) is 0 Å². The highest BCUT2D eigenvalue weighted by Crippen LogP contribution is 2.62. The summed E-state index contributed by atoms with van der Waals surface area (Å²) >= 11 is 0. The Bertz CT molecular complexity index is 1140. The molecule has 3 aromatic carbocycles. The first-order chi connectivity index (χ1) is 15.5. The van der Waals surface area contributed by atoms with E-state index in [0.717, 1.165) is 18.6 Å². The molecule has 1 heterocycles. The predicted octanol–water partition coefficient (Wildman–Crippen LogP) is 6.76. The van der Waals surface area contributed by atoms with E-state index in [1.165, 1.54) is 32.4 Å². The Labute approximate surface area is 192 Å². The van der Waals surface area contributed by atoms with E-state index < -0.39 is 7.26 Å². The molecule has 32 heavy (non-hydrogen) atoms. The van der Waals surface area contributed by atoms with Gasteiger partial charge in [0, 0.05) is 11.6 Å². The zero-order valence-corrected chi connectivity index (χ0v) is 20.0. The lowest BCUT2D eigenvalue weighted by molar-refractivity contribution is 0.382. The lowest BCUT2D eigenvalue weighted by atomic mass is 9.90. The van der Waals surface area contributed by atoms with Crippen LogP contribution in [0.25, 0.3) is 6.08 Å². The average molecular weight is 438 g/mol. The molecule has 0 unspecified atom stereocenters. The smallest absolute Gasteiger partial charge is 0.139 e. The van der Waals surface area contributed by atoms with Gasteiger partial charge in [-0.05, 0) is 67.1 Å². The van der Waals surface area contributed by atoms with Gasteiger partial charge in [0.25, 0.3) is 0 Å². The number of hydrogen-bond acceptors (Lipinski definition) is 1. The number of hydrogen-bond donors (Lipinski definition) is 0. The van der Waals surface area contributed by atoms with Gasteiger partial charge in [-0.3, -0.25) is 0 Å². The fraction of sp³-hybridized carbons (Fsp3) is 0.200. The summed E-state index contributed by atoms with van der Waals surface area (Å²) in [6, 6.07) is 33.1. The van der Waals surface area contributed by atoms with E-state index >= 15 is 0 Å². The summed E-state index contributed by atoms with van der Waals surface area (Å²) in [6.45, 7) is 7.00. The van der Waals surface area contributed by atoms with Crippen molar-refractivity contribution in [2.24, 2.45) is 5.41 Å². The quantitative estimate of drug-likeness (QED) is 0.315. The molecule has 0 radical (unpaired) electrons. The van der Waals surface area contributed by atoms with Crippen LogP contribution < -0.4 is 15.9 Å². The molecule has 0 aliphatic heterocycles. The Balaban J connectivity index is 1.77. The fourth-order valence-corrected chi connectivity index (χ4v) is 9.55. The van der Waals surface area contributed by atoms with Crippen LogP contribution in [0.15, 0.2) is 107 Å². The summed E-state index contributed by atoms with van der Waals surface area (Å²) < 4.78 is 6.15. The van der Waals surface area contributed by atoms with Gasteiger partial charge < -0.3 is 4.42 Å². The second-order valence-electron chi connectivity index (χ2n) is 9.58.